The number of benzene rings is 1. The van der Waals surface area contributed by atoms with Gasteiger partial charge >= 0.3 is 0 Å². The number of unbranched alkanes of at least 4 members (excludes halogenated alkanes) is 2. The average molecular weight is 504 g/mol. The Morgan fingerprint density at radius 1 is 0.667 bits per heavy atom. The number of hydrogen-bond acceptors (Lipinski definition) is 1. The van der Waals surface area contributed by atoms with E-state index in [1.165, 1.54) is 43.2 Å². The van der Waals surface area contributed by atoms with Crippen molar-refractivity contribution in [1.29, 1.82) is 0 Å². The minimum absolute atomic E-state index is 0.793. The third-order valence-electron chi connectivity index (χ3n) is 4.43. The first-order valence-corrected chi connectivity index (χ1v) is 14.7. The van der Waals surface area contributed by atoms with Crippen molar-refractivity contribution in [2.75, 3.05) is 0 Å². The maximum absolute atomic E-state index is 5.85. The zero-order chi connectivity index (χ0) is 29.9. The molecule has 0 spiro atoms. The molecule has 0 saturated heterocycles. The summed E-state index contributed by atoms with van der Waals surface area (Å²) in [6.07, 6.45) is 8.34. The van der Waals surface area contributed by atoms with E-state index in [0.29, 0.717) is 0 Å². The van der Waals surface area contributed by atoms with E-state index in [4.69, 9.17) is 5.73 Å². The van der Waals surface area contributed by atoms with E-state index in [1.807, 2.05) is 75.3 Å². The van der Waals surface area contributed by atoms with Crippen LogP contribution in [0.25, 0.3) is 0 Å². The van der Waals surface area contributed by atoms with Gasteiger partial charge < -0.3 is 5.73 Å². The molecule has 0 aromatic heterocycles. The summed E-state index contributed by atoms with van der Waals surface area (Å²) in [5, 5.41) is 0. The predicted molar refractivity (Wildman–Crippen MR) is 176 cm³/mol. The number of allylic oxidation sites excluding steroid dienone is 4. The van der Waals surface area contributed by atoms with Crippen LogP contribution in [0.3, 0.4) is 0 Å². The molecule has 1 nitrogen and oxygen atoms in total. The Hall–Kier alpha value is -2.02. The van der Waals surface area contributed by atoms with E-state index in [2.05, 4.69) is 71.7 Å². The molecule has 0 aliphatic rings. The lowest BCUT2D eigenvalue weighted by Crippen LogP contribution is -2.03. The zero-order valence-electron chi connectivity index (χ0n) is 27.5. The van der Waals surface area contributed by atoms with Crippen LogP contribution in [0.4, 0.5) is 0 Å². The maximum atomic E-state index is 5.85. The van der Waals surface area contributed by atoms with E-state index in [9.17, 15) is 0 Å². The van der Waals surface area contributed by atoms with Crippen LogP contribution in [-0.2, 0) is 6.42 Å². The summed E-state index contributed by atoms with van der Waals surface area (Å²) < 4.78 is 0. The molecule has 36 heavy (non-hydrogen) atoms. The Balaban J connectivity index is -0.0000000849. The normalized spacial score (nSPS) is 8.83. The smallest absolute Gasteiger partial charge is 0.0370 e. The van der Waals surface area contributed by atoms with Crippen molar-refractivity contribution in [3.63, 3.8) is 0 Å². The van der Waals surface area contributed by atoms with Gasteiger partial charge in [-0.15, -0.1) is 6.58 Å². The lowest BCUT2D eigenvalue weighted by molar-refractivity contribution is 0.789. The van der Waals surface area contributed by atoms with Gasteiger partial charge in [0, 0.05) is 5.70 Å². The highest BCUT2D eigenvalue weighted by Gasteiger charge is 2.02. The summed E-state index contributed by atoms with van der Waals surface area (Å²) in [4.78, 5) is 0. The molecule has 1 aromatic rings. The van der Waals surface area contributed by atoms with Crippen LogP contribution in [-0.4, -0.2) is 0 Å². The van der Waals surface area contributed by atoms with Crippen molar-refractivity contribution >= 4 is 0 Å². The van der Waals surface area contributed by atoms with Gasteiger partial charge in [0.15, 0.2) is 0 Å². The topological polar surface area (TPSA) is 26.0 Å². The third-order valence-corrected chi connectivity index (χ3v) is 4.43. The molecule has 0 heterocycles. The van der Waals surface area contributed by atoms with E-state index >= 15 is 0 Å². The fourth-order valence-corrected chi connectivity index (χ4v) is 2.28. The Morgan fingerprint density at radius 2 is 1.06 bits per heavy atom. The molecule has 0 bridgehead atoms. The Morgan fingerprint density at radius 3 is 1.31 bits per heavy atom. The molecule has 0 aliphatic heterocycles. The second kappa shape index (κ2) is 43.1. The van der Waals surface area contributed by atoms with Crippen molar-refractivity contribution in [2.45, 2.75) is 142 Å². The Bertz CT molecular complexity index is 590. The molecule has 0 saturated carbocycles. The van der Waals surface area contributed by atoms with Crippen LogP contribution in [0.1, 0.15) is 141 Å². The molecule has 214 valence electrons. The van der Waals surface area contributed by atoms with E-state index in [-0.39, 0.29) is 0 Å². The van der Waals surface area contributed by atoms with Crippen molar-refractivity contribution in [2.24, 2.45) is 5.73 Å². The highest BCUT2D eigenvalue weighted by Crippen LogP contribution is 2.18. The highest BCUT2D eigenvalue weighted by atomic mass is 14.6. The second-order valence-electron chi connectivity index (χ2n) is 7.43. The molecular weight excluding hydrogens is 434 g/mol. The molecule has 0 unspecified atom stereocenters. The van der Waals surface area contributed by atoms with Crippen LogP contribution < -0.4 is 5.73 Å². The number of nitrogens with two attached hydrogens (primary N) is 1. The van der Waals surface area contributed by atoms with Gasteiger partial charge in [0.25, 0.3) is 0 Å². The first-order valence-electron chi connectivity index (χ1n) is 14.7. The molecule has 1 aromatic carbocycles. The van der Waals surface area contributed by atoms with Crippen molar-refractivity contribution in [1.82, 2.24) is 0 Å². The van der Waals surface area contributed by atoms with Crippen LogP contribution in [0.2, 0.25) is 0 Å². The summed E-state index contributed by atoms with van der Waals surface area (Å²) in [7, 11) is 0. The molecular formula is C35H69N. The number of aryl methyl sites for hydroxylation is 1. The molecule has 0 aliphatic carbocycles. The van der Waals surface area contributed by atoms with Crippen LogP contribution in [0, 0.1) is 0 Å². The van der Waals surface area contributed by atoms with Gasteiger partial charge in [0.05, 0.1) is 0 Å². The first-order chi connectivity index (χ1) is 17.2. The lowest BCUT2D eigenvalue weighted by Gasteiger charge is -2.09. The van der Waals surface area contributed by atoms with E-state index < -0.39 is 0 Å². The van der Waals surface area contributed by atoms with E-state index in [1.54, 1.807) is 0 Å². The quantitative estimate of drug-likeness (QED) is 0.263. The van der Waals surface area contributed by atoms with Gasteiger partial charge in [-0.25, -0.2) is 0 Å². The highest BCUT2D eigenvalue weighted by molar-refractivity contribution is 5.38. The minimum atomic E-state index is 0.793. The molecule has 1 rings (SSSR count). The standard InChI is InChI=1S/C12H21N.C8H10.C7H14.4C2H6/c1-6-7-8-10(4)11(5)12(13)9(2)3;1-2-8-6-4-3-5-7-8;1-4-5-6-7(2)3;4*1-2/h2,4,6-8,13H2,1,3,5H3;3-7H,2H2,1H3;2,4-6H2,1,3H3;4*1-2H3/b12-11+;;;;;;. The first kappa shape index (κ1) is 47.2. The lowest BCUT2D eigenvalue weighted by atomic mass is 10.00. The summed E-state index contributed by atoms with van der Waals surface area (Å²) >= 11 is 0. The zero-order valence-corrected chi connectivity index (χ0v) is 27.5. The van der Waals surface area contributed by atoms with Gasteiger partial charge in [-0.2, -0.15) is 0 Å². The molecule has 0 atom stereocenters. The summed E-state index contributed by atoms with van der Waals surface area (Å²) in [5.74, 6) is 0. The molecule has 2 N–H and O–H groups in total. The van der Waals surface area contributed by atoms with E-state index in [0.717, 1.165) is 35.3 Å². The third kappa shape index (κ3) is 39.2. The van der Waals surface area contributed by atoms with Crippen LogP contribution >= 0.6 is 0 Å². The van der Waals surface area contributed by atoms with Crippen molar-refractivity contribution in [3.8, 4) is 0 Å². The fraction of sp³-hybridized carbons (Fsp3) is 0.600. The largest absolute Gasteiger partial charge is 0.398 e. The molecule has 1 heteroatoms. The molecule has 0 fully saturated rings. The monoisotopic (exact) mass is 504 g/mol. The summed E-state index contributed by atoms with van der Waals surface area (Å²) in [6.45, 7) is 40.2. The van der Waals surface area contributed by atoms with Crippen molar-refractivity contribution < 1.29 is 0 Å². The van der Waals surface area contributed by atoms with Gasteiger partial charge in [-0.05, 0) is 69.6 Å². The number of hydrogen-bond donors (Lipinski definition) is 1. The SMILES string of the molecule is C=C(C)CCCC.C=C(CCCC)/C(C)=C(/N)C(=C)C.CC.CC.CC.CC.CCc1ccccc1. The van der Waals surface area contributed by atoms with Crippen molar-refractivity contribution in [3.05, 3.63) is 83.6 Å². The summed E-state index contributed by atoms with van der Waals surface area (Å²) in [5.41, 5.74) is 12.5. The average Bonchev–Trinajstić information content (AvgIpc) is 2.95. The predicted octanol–water partition coefficient (Wildman–Crippen LogP) is 12.6. The number of rotatable bonds is 9. The Kier molecular flexibility index (Phi) is 56.5. The van der Waals surface area contributed by atoms with Gasteiger partial charge in [-0.3, -0.25) is 0 Å². The van der Waals surface area contributed by atoms with Gasteiger partial charge in [0.2, 0.25) is 0 Å². The second-order valence-corrected chi connectivity index (χ2v) is 7.43. The van der Waals surface area contributed by atoms with Crippen LogP contribution in [0.5, 0.6) is 0 Å². The minimum Gasteiger partial charge on any atom is -0.398 e. The summed E-state index contributed by atoms with van der Waals surface area (Å²) in [6, 6.07) is 10.5. The molecule has 0 radical (unpaired) electrons. The maximum Gasteiger partial charge on any atom is 0.0370 e. The Labute approximate surface area is 231 Å². The van der Waals surface area contributed by atoms with Crippen LogP contribution in [0.15, 0.2) is 78.1 Å². The fourth-order valence-electron chi connectivity index (χ4n) is 2.28. The van der Waals surface area contributed by atoms with Gasteiger partial charge in [0.1, 0.15) is 0 Å². The molecule has 0 amide bonds. The van der Waals surface area contributed by atoms with Gasteiger partial charge in [-0.1, -0.05) is 144 Å².